The second-order valence-corrected chi connectivity index (χ2v) is 8.01. The molecule has 0 aliphatic carbocycles. The fraction of sp³-hybridized carbons (Fsp3) is 0.478. The van der Waals surface area contributed by atoms with Crippen molar-refractivity contribution in [3.8, 4) is 0 Å². The Hall–Kier alpha value is -3.36. The Morgan fingerprint density at radius 1 is 1.16 bits per heavy atom. The number of aromatic nitrogens is 2. The fourth-order valence-corrected chi connectivity index (χ4v) is 4.06. The van der Waals surface area contributed by atoms with Gasteiger partial charge in [0, 0.05) is 31.7 Å². The van der Waals surface area contributed by atoms with Crippen LogP contribution in [0.5, 0.6) is 0 Å². The van der Waals surface area contributed by atoms with Crippen molar-refractivity contribution in [2.75, 3.05) is 28.6 Å². The zero-order chi connectivity index (χ0) is 23.4. The molecule has 1 unspecified atom stereocenters. The number of benzene rings is 1. The SMILES string of the molecule is CCCCn1c(N)c(N(CC)C(=O)C2CC(=O)N(c3ccc(CC)cc3)C2)c(=O)[nH]c1=O. The second-order valence-electron chi connectivity index (χ2n) is 8.01. The number of H-pyrrole nitrogens is 1. The molecule has 2 heterocycles. The molecule has 9 nitrogen and oxygen atoms in total. The molecule has 1 atom stereocenters. The summed E-state index contributed by atoms with van der Waals surface area (Å²) in [5, 5.41) is 0. The maximum Gasteiger partial charge on any atom is 0.330 e. The third-order valence-corrected chi connectivity index (χ3v) is 5.93. The number of aryl methyl sites for hydroxylation is 1. The Kier molecular flexibility index (Phi) is 7.17. The van der Waals surface area contributed by atoms with Gasteiger partial charge in [-0.2, -0.15) is 0 Å². The number of hydrogen-bond donors (Lipinski definition) is 2. The van der Waals surface area contributed by atoms with Crippen LogP contribution < -0.4 is 26.8 Å². The summed E-state index contributed by atoms with van der Waals surface area (Å²) in [6, 6.07) is 7.70. The number of carbonyl (C=O) groups is 2. The maximum atomic E-state index is 13.4. The van der Waals surface area contributed by atoms with Crippen LogP contribution in [0.15, 0.2) is 33.9 Å². The van der Waals surface area contributed by atoms with Gasteiger partial charge in [0.15, 0.2) is 5.69 Å². The predicted molar refractivity (Wildman–Crippen MR) is 125 cm³/mol. The van der Waals surface area contributed by atoms with Crippen LogP contribution in [-0.4, -0.2) is 34.5 Å². The van der Waals surface area contributed by atoms with Gasteiger partial charge in [0.25, 0.3) is 5.56 Å². The topological polar surface area (TPSA) is 121 Å². The smallest absolute Gasteiger partial charge is 0.330 e. The van der Waals surface area contributed by atoms with Crippen LogP contribution in [-0.2, 0) is 22.6 Å². The van der Waals surface area contributed by atoms with Crippen molar-refractivity contribution in [2.45, 2.75) is 53.0 Å². The Balaban J connectivity index is 1.88. The number of nitrogens with two attached hydrogens (primary N) is 1. The van der Waals surface area contributed by atoms with E-state index >= 15 is 0 Å². The number of anilines is 3. The number of carbonyl (C=O) groups excluding carboxylic acids is 2. The van der Waals surface area contributed by atoms with Gasteiger partial charge in [0.05, 0.1) is 5.92 Å². The van der Waals surface area contributed by atoms with Gasteiger partial charge in [-0.05, 0) is 37.5 Å². The average molecular weight is 442 g/mol. The fourth-order valence-electron chi connectivity index (χ4n) is 4.06. The van der Waals surface area contributed by atoms with Crippen LogP contribution >= 0.6 is 0 Å². The summed E-state index contributed by atoms with van der Waals surface area (Å²) in [6.45, 7) is 6.54. The highest BCUT2D eigenvalue weighted by atomic mass is 16.2. The normalized spacial score (nSPS) is 15.9. The van der Waals surface area contributed by atoms with E-state index in [9.17, 15) is 19.2 Å². The summed E-state index contributed by atoms with van der Waals surface area (Å²) in [5.74, 6) is -1.13. The van der Waals surface area contributed by atoms with E-state index in [4.69, 9.17) is 5.73 Å². The van der Waals surface area contributed by atoms with Gasteiger partial charge in [-0.25, -0.2) is 4.79 Å². The first-order valence-electron chi connectivity index (χ1n) is 11.2. The van der Waals surface area contributed by atoms with Crippen LogP contribution in [0.4, 0.5) is 17.2 Å². The first kappa shape index (κ1) is 23.3. The van der Waals surface area contributed by atoms with Gasteiger partial charge in [-0.1, -0.05) is 32.4 Å². The van der Waals surface area contributed by atoms with Gasteiger partial charge in [0.1, 0.15) is 5.82 Å². The number of rotatable bonds is 8. The lowest BCUT2D eigenvalue weighted by Crippen LogP contribution is -2.44. The lowest BCUT2D eigenvalue weighted by atomic mass is 10.1. The average Bonchev–Trinajstić information content (AvgIpc) is 3.17. The minimum absolute atomic E-state index is 0.0290. The van der Waals surface area contributed by atoms with E-state index < -0.39 is 17.2 Å². The number of unbranched alkanes of at least 4 members (excludes halogenated alkanes) is 1. The third-order valence-electron chi connectivity index (χ3n) is 5.93. The molecular weight excluding hydrogens is 410 g/mol. The van der Waals surface area contributed by atoms with Crippen molar-refractivity contribution < 1.29 is 9.59 Å². The van der Waals surface area contributed by atoms with Crippen molar-refractivity contribution in [1.82, 2.24) is 9.55 Å². The third kappa shape index (κ3) is 4.46. The van der Waals surface area contributed by atoms with Gasteiger partial charge in [-0.15, -0.1) is 0 Å². The summed E-state index contributed by atoms with van der Waals surface area (Å²) in [6.07, 6.45) is 2.50. The van der Waals surface area contributed by atoms with E-state index in [1.54, 1.807) is 11.8 Å². The Morgan fingerprint density at radius 3 is 2.44 bits per heavy atom. The number of amides is 2. The van der Waals surface area contributed by atoms with Crippen molar-refractivity contribution >= 4 is 29.0 Å². The summed E-state index contributed by atoms with van der Waals surface area (Å²) in [5.41, 5.74) is 6.77. The summed E-state index contributed by atoms with van der Waals surface area (Å²) >= 11 is 0. The van der Waals surface area contributed by atoms with Crippen LogP contribution in [0, 0.1) is 5.92 Å². The number of hydrogen-bond acceptors (Lipinski definition) is 5. The first-order valence-corrected chi connectivity index (χ1v) is 11.2. The van der Waals surface area contributed by atoms with Crippen molar-refractivity contribution in [3.63, 3.8) is 0 Å². The molecule has 172 valence electrons. The molecule has 0 radical (unpaired) electrons. The molecule has 1 aromatic heterocycles. The van der Waals surface area contributed by atoms with Crippen molar-refractivity contribution in [1.29, 1.82) is 0 Å². The van der Waals surface area contributed by atoms with Gasteiger partial charge < -0.3 is 15.5 Å². The maximum absolute atomic E-state index is 13.4. The molecule has 1 aliphatic rings. The zero-order valence-electron chi connectivity index (χ0n) is 18.9. The van der Waals surface area contributed by atoms with E-state index in [1.807, 2.05) is 31.2 Å². The minimum atomic E-state index is -0.702. The Bertz CT molecular complexity index is 1100. The van der Waals surface area contributed by atoms with E-state index in [2.05, 4.69) is 11.9 Å². The summed E-state index contributed by atoms with van der Waals surface area (Å²) < 4.78 is 1.29. The largest absolute Gasteiger partial charge is 0.383 e. The molecule has 1 aromatic carbocycles. The molecule has 0 bridgehead atoms. The highest BCUT2D eigenvalue weighted by molar-refractivity contribution is 6.05. The molecule has 3 rings (SSSR count). The molecule has 3 N–H and O–H groups in total. The molecule has 9 heteroatoms. The second kappa shape index (κ2) is 9.84. The van der Waals surface area contributed by atoms with E-state index in [0.29, 0.717) is 13.0 Å². The van der Waals surface area contributed by atoms with Gasteiger partial charge in [-0.3, -0.25) is 23.9 Å². The monoisotopic (exact) mass is 441 g/mol. The Morgan fingerprint density at radius 2 is 1.84 bits per heavy atom. The first-order chi connectivity index (χ1) is 15.3. The molecular formula is C23H31N5O4. The van der Waals surface area contributed by atoms with Crippen LogP contribution in [0.1, 0.15) is 45.6 Å². The van der Waals surface area contributed by atoms with Crippen molar-refractivity contribution in [2.24, 2.45) is 5.92 Å². The Labute approximate surface area is 186 Å². The number of nitrogen functional groups attached to an aromatic ring is 1. The molecule has 32 heavy (non-hydrogen) atoms. The standard InChI is InChI=1S/C23H31N5O4/c1-4-7-12-27-20(24)19(21(30)25-23(27)32)26(6-3)22(31)16-13-18(29)28(14-16)17-10-8-15(5-2)9-11-17/h8-11,16H,4-7,12-14,24H2,1-3H3,(H,25,30,32). The predicted octanol–water partition coefficient (Wildman–Crippen LogP) is 1.89. The van der Waals surface area contributed by atoms with E-state index in [-0.39, 0.29) is 42.8 Å². The molecule has 1 aliphatic heterocycles. The molecule has 1 saturated heterocycles. The van der Waals surface area contributed by atoms with Crippen LogP contribution in [0.25, 0.3) is 0 Å². The van der Waals surface area contributed by atoms with Crippen LogP contribution in [0.2, 0.25) is 0 Å². The number of nitrogens with one attached hydrogen (secondary N) is 1. The van der Waals surface area contributed by atoms with E-state index in [1.165, 1.54) is 9.47 Å². The highest BCUT2D eigenvalue weighted by Gasteiger charge is 2.38. The lowest BCUT2D eigenvalue weighted by Gasteiger charge is -2.25. The zero-order valence-corrected chi connectivity index (χ0v) is 18.9. The van der Waals surface area contributed by atoms with Crippen LogP contribution in [0.3, 0.4) is 0 Å². The number of nitrogens with zero attached hydrogens (tertiary/aromatic N) is 3. The highest BCUT2D eigenvalue weighted by Crippen LogP contribution is 2.28. The molecule has 2 amide bonds. The quantitative estimate of drug-likeness (QED) is 0.648. The minimum Gasteiger partial charge on any atom is -0.383 e. The van der Waals surface area contributed by atoms with Gasteiger partial charge >= 0.3 is 5.69 Å². The van der Waals surface area contributed by atoms with Gasteiger partial charge in [0.2, 0.25) is 11.8 Å². The summed E-state index contributed by atoms with van der Waals surface area (Å²) in [4.78, 5) is 56.0. The van der Waals surface area contributed by atoms with E-state index in [0.717, 1.165) is 24.1 Å². The molecule has 0 saturated carbocycles. The molecule has 0 spiro atoms. The molecule has 2 aromatic rings. The van der Waals surface area contributed by atoms with Crippen molar-refractivity contribution in [3.05, 3.63) is 50.7 Å². The molecule has 1 fully saturated rings. The summed E-state index contributed by atoms with van der Waals surface area (Å²) in [7, 11) is 0. The lowest BCUT2D eigenvalue weighted by molar-refractivity contribution is -0.124. The number of aromatic amines is 1.